The number of hydrogen-bond acceptors (Lipinski definition) is 4. The lowest BCUT2D eigenvalue weighted by Crippen LogP contribution is -2.42. The first-order chi connectivity index (χ1) is 14.7. The average Bonchev–Trinajstić information content (AvgIpc) is 3.17. The van der Waals surface area contributed by atoms with Gasteiger partial charge in [0.05, 0.1) is 11.3 Å². The number of likely N-dealkylation sites (tertiary alicyclic amines) is 1. The number of amides is 2. The van der Waals surface area contributed by atoms with Crippen molar-refractivity contribution >= 4 is 22.9 Å². The van der Waals surface area contributed by atoms with E-state index in [4.69, 9.17) is 10.5 Å². The van der Waals surface area contributed by atoms with E-state index in [1.807, 2.05) is 45.2 Å². The summed E-state index contributed by atoms with van der Waals surface area (Å²) < 4.78 is 7.29. The molecule has 1 aliphatic rings. The first-order valence-electron chi connectivity index (χ1n) is 10.6. The minimum Gasteiger partial charge on any atom is -0.444 e. The van der Waals surface area contributed by atoms with Crippen molar-refractivity contribution in [3.63, 3.8) is 0 Å². The van der Waals surface area contributed by atoms with Crippen LogP contribution in [0, 0.1) is 0 Å². The molecule has 0 bridgehead atoms. The van der Waals surface area contributed by atoms with Gasteiger partial charge in [0.1, 0.15) is 11.1 Å². The molecule has 3 aromatic rings. The molecule has 4 rings (SSSR count). The van der Waals surface area contributed by atoms with E-state index in [-0.39, 0.29) is 12.0 Å². The number of piperidine rings is 1. The Hall–Kier alpha value is -3.35. The van der Waals surface area contributed by atoms with E-state index in [1.54, 1.807) is 21.7 Å². The van der Waals surface area contributed by atoms with E-state index < -0.39 is 11.5 Å². The molecule has 1 atom stereocenters. The number of aromatic nitrogens is 2. The van der Waals surface area contributed by atoms with Crippen molar-refractivity contribution < 1.29 is 14.3 Å². The van der Waals surface area contributed by atoms with Gasteiger partial charge in [0.2, 0.25) is 0 Å². The molecule has 2 N–H and O–H groups in total. The van der Waals surface area contributed by atoms with E-state index in [9.17, 15) is 9.59 Å². The zero-order chi connectivity index (χ0) is 22.2. The van der Waals surface area contributed by atoms with Gasteiger partial charge in [-0.25, -0.2) is 9.48 Å². The number of benzene rings is 2. The highest BCUT2D eigenvalue weighted by Crippen LogP contribution is 2.29. The molecule has 7 nitrogen and oxygen atoms in total. The number of nitrogens with two attached hydrogens (primary N) is 1. The van der Waals surface area contributed by atoms with E-state index in [2.05, 4.69) is 17.2 Å². The van der Waals surface area contributed by atoms with Crippen LogP contribution >= 0.6 is 0 Å². The average molecular weight is 421 g/mol. The summed E-state index contributed by atoms with van der Waals surface area (Å²) in [7, 11) is 0. The number of primary amides is 1. The van der Waals surface area contributed by atoms with E-state index in [1.165, 1.54) is 5.56 Å². The molecule has 31 heavy (non-hydrogen) atoms. The van der Waals surface area contributed by atoms with Crippen molar-refractivity contribution in [3.8, 4) is 5.69 Å². The molecule has 1 aromatic heterocycles. The molecule has 1 fully saturated rings. The Balaban J connectivity index is 1.52. The molecule has 2 aromatic carbocycles. The Morgan fingerprint density at radius 1 is 1.13 bits per heavy atom. The standard InChI is InChI=1S/C24H28N4O3/c1-24(2,3)31-23(30)27-13-5-7-17(14-27)16-9-11-19(12-10-16)28-15-18-6-4-8-20(22(25)29)21(18)26-28/h4,6,8-12,15,17H,5,7,13-14H2,1-3H3,(H2,25,29). The molecule has 2 amide bonds. The van der Waals surface area contributed by atoms with Gasteiger partial charge in [-0.05, 0) is 57.4 Å². The van der Waals surface area contributed by atoms with Gasteiger partial charge in [-0.3, -0.25) is 4.79 Å². The van der Waals surface area contributed by atoms with Crippen molar-refractivity contribution in [2.45, 2.75) is 45.1 Å². The van der Waals surface area contributed by atoms with Gasteiger partial charge < -0.3 is 15.4 Å². The second-order valence-corrected chi connectivity index (χ2v) is 9.04. The normalized spacial score (nSPS) is 17.0. The van der Waals surface area contributed by atoms with Crippen LogP contribution in [0.15, 0.2) is 48.7 Å². The number of hydrogen-bond donors (Lipinski definition) is 1. The summed E-state index contributed by atoms with van der Waals surface area (Å²) in [5.74, 6) is -0.216. The molecule has 0 radical (unpaired) electrons. The lowest BCUT2D eigenvalue weighted by Gasteiger charge is -2.34. The van der Waals surface area contributed by atoms with Crippen molar-refractivity contribution in [3.05, 3.63) is 59.8 Å². The lowest BCUT2D eigenvalue weighted by atomic mass is 9.91. The first kappa shape index (κ1) is 20.9. The highest BCUT2D eigenvalue weighted by molar-refractivity contribution is 6.04. The molecular weight excluding hydrogens is 392 g/mol. The molecule has 1 aliphatic heterocycles. The highest BCUT2D eigenvalue weighted by Gasteiger charge is 2.28. The van der Waals surface area contributed by atoms with Crippen LogP contribution in [0.4, 0.5) is 4.79 Å². The Kier molecular flexibility index (Phi) is 5.43. The summed E-state index contributed by atoms with van der Waals surface area (Å²) >= 11 is 0. The maximum atomic E-state index is 12.4. The van der Waals surface area contributed by atoms with Crippen LogP contribution in [0.5, 0.6) is 0 Å². The maximum Gasteiger partial charge on any atom is 0.410 e. The Morgan fingerprint density at radius 2 is 1.87 bits per heavy atom. The van der Waals surface area contributed by atoms with Gasteiger partial charge in [-0.15, -0.1) is 0 Å². The van der Waals surface area contributed by atoms with Crippen LogP contribution < -0.4 is 5.73 Å². The SMILES string of the molecule is CC(C)(C)OC(=O)N1CCCC(c2ccc(-n3cc4cccc(C(N)=O)c4n3)cc2)C1. The topological polar surface area (TPSA) is 90.5 Å². The number of carbonyl (C=O) groups excluding carboxylic acids is 2. The van der Waals surface area contributed by atoms with E-state index in [0.717, 1.165) is 30.5 Å². The Labute approximate surface area is 181 Å². The van der Waals surface area contributed by atoms with E-state index >= 15 is 0 Å². The third kappa shape index (κ3) is 4.55. The largest absolute Gasteiger partial charge is 0.444 e. The van der Waals surface area contributed by atoms with Crippen molar-refractivity contribution in [2.24, 2.45) is 5.73 Å². The molecule has 162 valence electrons. The third-order valence-electron chi connectivity index (χ3n) is 5.50. The monoisotopic (exact) mass is 420 g/mol. The van der Waals surface area contributed by atoms with Crippen LogP contribution in [0.1, 0.15) is 55.5 Å². The van der Waals surface area contributed by atoms with Crippen LogP contribution in [0.3, 0.4) is 0 Å². The zero-order valence-corrected chi connectivity index (χ0v) is 18.2. The number of ether oxygens (including phenoxy) is 1. The van der Waals surface area contributed by atoms with Crippen molar-refractivity contribution in [2.75, 3.05) is 13.1 Å². The minimum absolute atomic E-state index is 0.248. The molecule has 7 heteroatoms. The van der Waals surface area contributed by atoms with Crippen LogP contribution in [0.25, 0.3) is 16.6 Å². The minimum atomic E-state index is -0.493. The van der Waals surface area contributed by atoms with Gasteiger partial charge in [-0.1, -0.05) is 24.3 Å². The molecule has 0 aliphatic carbocycles. The summed E-state index contributed by atoms with van der Waals surface area (Å²) in [6.45, 7) is 7.04. The van der Waals surface area contributed by atoms with E-state index in [0.29, 0.717) is 17.6 Å². The van der Waals surface area contributed by atoms with Gasteiger partial charge in [0.25, 0.3) is 5.91 Å². The van der Waals surface area contributed by atoms with Gasteiger partial charge in [-0.2, -0.15) is 5.10 Å². The van der Waals surface area contributed by atoms with Crippen molar-refractivity contribution in [1.29, 1.82) is 0 Å². The fraction of sp³-hybridized carbons (Fsp3) is 0.375. The number of nitrogens with zero attached hydrogens (tertiary/aromatic N) is 3. The summed E-state index contributed by atoms with van der Waals surface area (Å²) in [5, 5.41) is 5.42. The van der Waals surface area contributed by atoms with Gasteiger partial charge >= 0.3 is 6.09 Å². The van der Waals surface area contributed by atoms with Crippen molar-refractivity contribution in [1.82, 2.24) is 14.7 Å². The molecule has 0 saturated carbocycles. The maximum absolute atomic E-state index is 12.4. The molecule has 1 saturated heterocycles. The van der Waals surface area contributed by atoms with Crippen LogP contribution in [-0.4, -0.2) is 45.4 Å². The summed E-state index contributed by atoms with van der Waals surface area (Å²) in [6, 6.07) is 13.6. The zero-order valence-electron chi connectivity index (χ0n) is 18.2. The summed E-state index contributed by atoms with van der Waals surface area (Å²) in [4.78, 5) is 25.9. The Morgan fingerprint density at radius 3 is 2.55 bits per heavy atom. The summed E-state index contributed by atoms with van der Waals surface area (Å²) in [5.41, 5.74) is 8.07. The molecular formula is C24H28N4O3. The lowest BCUT2D eigenvalue weighted by molar-refractivity contribution is 0.0198. The van der Waals surface area contributed by atoms with Gasteiger partial charge in [0, 0.05) is 30.6 Å². The predicted octanol–water partition coefficient (Wildman–Crippen LogP) is 4.24. The number of carbonyl (C=O) groups is 2. The molecule has 1 unspecified atom stereocenters. The highest BCUT2D eigenvalue weighted by atomic mass is 16.6. The smallest absolute Gasteiger partial charge is 0.410 e. The second-order valence-electron chi connectivity index (χ2n) is 9.04. The second kappa shape index (κ2) is 8.06. The first-order valence-corrected chi connectivity index (χ1v) is 10.6. The molecule has 0 spiro atoms. The number of fused-ring (bicyclic) bond motifs is 1. The fourth-order valence-electron chi connectivity index (χ4n) is 4.02. The van der Waals surface area contributed by atoms with Gasteiger partial charge in [0.15, 0.2) is 0 Å². The van der Waals surface area contributed by atoms with Crippen LogP contribution in [0.2, 0.25) is 0 Å². The number of rotatable bonds is 3. The summed E-state index contributed by atoms with van der Waals surface area (Å²) in [6.07, 6.45) is 3.63. The quantitative estimate of drug-likeness (QED) is 0.686. The fourth-order valence-corrected chi connectivity index (χ4v) is 4.02. The molecule has 2 heterocycles. The Bertz CT molecular complexity index is 1110. The van der Waals surface area contributed by atoms with Crippen LogP contribution in [-0.2, 0) is 4.74 Å². The third-order valence-corrected chi connectivity index (χ3v) is 5.50. The predicted molar refractivity (Wildman–Crippen MR) is 119 cm³/mol.